The van der Waals surface area contributed by atoms with Gasteiger partial charge in [-0.1, -0.05) is 6.92 Å². The first-order chi connectivity index (χ1) is 5.72. The summed E-state index contributed by atoms with van der Waals surface area (Å²) in [4.78, 5) is 3.96. The van der Waals surface area contributed by atoms with E-state index in [0.29, 0.717) is 24.7 Å². The van der Waals surface area contributed by atoms with Crippen LogP contribution in [0.1, 0.15) is 20.3 Å². The van der Waals surface area contributed by atoms with Gasteiger partial charge in [0.1, 0.15) is 12.4 Å². The molecule has 70 valence electrons. The molecule has 0 aromatic rings. The minimum absolute atomic E-state index is 0.422. The number of hydrogen-bond acceptors (Lipinski definition) is 4. The van der Waals surface area contributed by atoms with Crippen LogP contribution >= 0.6 is 0 Å². The molecular formula is C8H17N3O. The monoisotopic (exact) mass is 171 g/mol. The highest BCUT2D eigenvalue weighted by molar-refractivity contribution is 5.58. The van der Waals surface area contributed by atoms with Gasteiger partial charge in [-0.05, 0) is 13.3 Å². The predicted molar refractivity (Wildman–Crippen MR) is 50.7 cm³/mol. The van der Waals surface area contributed by atoms with Crippen LogP contribution in [-0.2, 0) is 4.74 Å². The Kier molecular flexibility index (Phi) is 6.09. The lowest BCUT2D eigenvalue weighted by Crippen LogP contribution is -2.09. The van der Waals surface area contributed by atoms with Crippen molar-refractivity contribution in [3.63, 3.8) is 0 Å². The minimum Gasteiger partial charge on any atom is -0.493 e. The van der Waals surface area contributed by atoms with Crippen molar-refractivity contribution in [1.29, 1.82) is 0 Å². The zero-order valence-corrected chi connectivity index (χ0v) is 7.71. The van der Waals surface area contributed by atoms with Crippen molar-refractivity contribution >= 4 is 6.21 Å². The van der Waals surface area contributed by atoms with Gasteiger partial charge in [0.15, 0.2) is 5.82 Å². The summed E-state index contributed by atoms with van der Waals surface area (Å²) in [5, 5.41) is 0. The molecule has 4 heteroatoms. The number of hydrogen-bond donors (Lipinski definition) is 2. The number of aliphatic imine (C=N–C) groups is 1. The Hall–Kier alpha value is -1.03. The van der Waals surface area contributed by atoms with Gasteiger partial charge in [0.05, 0.1) is 0 Å². The first-order valence-electron chi connectivity index (χ1n) is 4.04. The van der Waals surface area contributed by atoms with Crippen molar-refractivity contribution in [2.45, 2.75) is 20.3 Å². The number of nitrogens with two attached hydrogens (primary N) is 2. The third-order valence-electron chi connectivity index (χ3n) is 1.21. The van der Waals surface area contributed by atoms with Crippen LogP contribution in [0.25, 0.3) is 0 Å². The van der Waals surface area contributed by atoms with Crippen LogP contribution in [0, 0.1) is 0 Å². The van der Waals surface area contributed by atoms with Crippen LogP contribution in [0.5, 0.6) is 0 Å². The molecule has 12 heavy (non-hydrogen) atoms. The van der Waals surface area contributed by atoms with Crippen LogP contribution in [-0.4, -0.2) is 19.4 Å². The molecule has 0 amide bonds. The fourth-order valence-electron chi connectivity index (χ4n) is 0.566. The van der Waals surface area contributed by atoms with Gasteiger partial charge in [-0.15, -0.1) is 0 Å². The molecule has 0 bridgehead atoms. The van der Waals surface area contributed by atoms with Gasteiger partial charge in [-0.3, -0.25) is 0 Å². The molecule has 0 aromatic carbocycles. The van der Waals surface area contributed by atoms with E-state index in [-0.39, 0.29) is 0 Å². The highest BCUT2D eigenvalue weighted by Crippen LogP contribution is 2.00. The topological polar surface area (TPSA) is 73.6 Å². The molecule has 4 N–H and O–H groups in total. The molecule has 0 unspecified atom stereocenters. The van der Waals surface area contributed by atoms with Crippen molar-refractivity contribution in [2.24, 2.45) is 16.5 Å². The zero-order chi connectivity index (χ0) is 9.40. The van der Waals surface area contributed by atoms with Gasteiger partial charge in [0.25, 0.3) is 0 Å². The minimum atomic E-state index is 0.422. The summed E-state index contributed by atoms with van der Waals surface area (Å²) in [6, 6.07) is 0. The zero-order valence-electron chi connectivity index (χ0n) is 7.71. The SMILES string of the molecule is CCC=NC(N)=C(C)OCCN. The van der Waals surface area contributed by atoms with Crippen LogP contribution in [0.4, 0.5) is 0 Å². The number of ether oxygens (including phenoxy) is 1. The van der Waals surface area contributed by atoms with E-state index in [0.717, 1.165) is 6.42 Å². The maximum atomic E-state index is 5.56. The fourth-order valence-corrected chi connectivity index (χ4v) is 0.566. The van der Waals surface area contributed by atoms with Crippen LogP contribution in [0.2, 0.25) is 0 Å². The second kappa shape index (κ2) is 6.67. The average molecular weight is 171 g/mol. The first-order valence-corrected chi connectivity index (χ1v) is 4.04. The third-order valence-corrected chi connectivity index (χ3v) is 1.21. The van der Waals surface area contributed by atoms with Gasteiger partial charge in [0.2, 0.25) is 0 Å². The van der Waals surface area contributed by atoms with Crippen LogP contribution in [0.15, 0.2) is 16.6 Å². The molecule has 0 saturated carbocycles. The van der Waals surface area contributed by atoms with Gasteiger partial charge in [-0.25, -0.2) is 4.99 Å². The van der Waals surface area contributed by atoms with Gasteiger partial charge in [-0.2, -0.15) is 0 Å². The second-order valence-electron chi connectivity index (χ2n) is 2.30. The van der Waals surface area contributed by atoms with E-state index in [4.69, 9.17) is 16.2 Å². The van der Waals surface area contributed by atoms with Crippen LogP contribution < -0.4 is 11.5 Å². The van der Waals surface area contributed by atoms with E-state index < -0.39 is 0 Å². The standard InChI is InChI=1S/C8H17N3O/c1-3-5-11-8(10)7(2)12-6-4-9/h5H,3-4,6,9-10H2,1-2H3. The Morgan fingerprint density at radius 2 is 2.25 bits per heavy atom. The second-order valence-corrected chi connectivity index (χ2v) is 2.30. The molecule has 0 saturated heterocycles. The lowest BCUT2D eigenvalue weighted by Gasteiger charge is -2.04. The molecule has 0 aliphatic rings. The highest BCUT2D eigenvalue weighted by atomic mass is 16.5. The van der Waals surface area contributed by atoms with Crippen LogP contribution in [0.3, 0.4) is 0 Å². The Labute approximate surface area is 73.3 Å². The maximum Gasteiger partial charge on any atom is 0.161 e. The molecule has 0 rings (SSSR count). The molecule has 0 fully saturated rings. The highest BCUT2D eigenvalue weighted by Gasteiger charge is 1.94. The van der Waals surface area contributed by atoms with E-state index in [9.17, 15) is 0 Å². The fraction of sp³-hybridized carbons (Fsp3) is 0.625. The third kappa shape index (κ3) is 4.73. The van der Waals surface area contributed by atoms with E-state index in [1.54, 1.807) is 13.1 Å². The molecule has 0 spiro atoms. The summed E-state index contributed by atoms with van der Waals surface area (Å²) in [7, 11) is 0. The molecule has 0 radical (unpaired) electrons. The van der Waals surface area contributed by atoms with E-state index in [1.807, 2.05) is 6.92 Å². The quantitative estimate of drug-likeness (QED) is 0.469. The Morgan fingerprint density at radius 1 is 1.58 bits per heavy atom. The summed E-state index contributed by atoms with van der Waals surface area (Å²) >= 11 is 0. The van der Waals surface area contributed by atoms with Gasteiger partial charge in [0, 0.05) is 12.8 Å². The summed E-state index contributed by atoms with van der Waals surface area (Å²) < 4.78 is 5.17. The van der Waals surface area contributed by atoms with E-state index >= 15 is 0 Å². The summed E-state index contributed by atoms with van der Waals surface area (Å²) in [6.07, 6.45) is 2.61. The smallest absolute Gasteiger partial charge is 0.161 e. The van der Waals surface area contributed by atoms with Gasteiger partial charge >= 0.3 is 0 Å². The summed E-state index contributed by atoms with van der Waals surface area (Å²) in [5.41, 5.74) is 10.8. The molecule has 0 aliphatic carbocycles. The van der Waals surface area contributed by atoms with E-state index in [2.05, 4.69) is 4.99 Å². The molecule has 0 atom stereocenters. The normalized spacial score (nSPS) is 13.2. The number of nitrogens with zero attached hydrogens (tertiary/aromatic N) is 1. The largest absolute Gasteiger partial charge is 0.493 e. The van der Waals surface area contributed by atoms with E-state index in [1.165, 1.54) is 0 Å². The molecule has 0 aliphatic heterocycles. The van der Waals surface area contributed by atoms with Crippen molar-refractivity contribution in [3.8, 4) is 0 Å². The number of allylic oxidation sites excluding steroid dienone is 1. The number of rotatable bonds is 5. The molecule has 4 nitrogen and oxygen atoms in total. The molecule has 0 heterocycles. The first kappa shape index (κ1) is 11.0. The Balaban J connectivity index is 3.97. The van der Waals surface area contributed by atoms with Crippen molar-refractivity contribution in [1.82, 2.24) is 0 Å². The maximum absolute atomic E-state index is 5.56. The van der Waals surface area contributed by atoms with Gasteiger partial charge < -0.3 is 16.2 Å². The summed E-state index contributed by atoms with van der Waals surface area (Å²) in [5.74, 6) is 1.05. The average Bonchev–Trinajstić information content (AvgIpc) is 2.10. The predicted octanol–water partition coefficient (Wildman–Crippen LogP) is 0.590. The Bertz CT molecular complexity index is 175. The summed E-state index contributed by atoms with van der Waals surface area (Å²) in [6.45, 7) is 4.74. The lowest BCUT2D eigenvalue weighted by atomic mass is 10.5. The van der Waals surface area contributed by atoms with Crippen molar-refractivity contribution in [3.05, 3.63) is 11.6 Å². The molecular weight excluding hydrogens is 154 g/mol. The van der Waals surface area contributed by atoms with Crippen molar-refractivity contribution < 1.29 is 4.74 Å². The molecule has 0 aromatic heterocycles. The van der Waals surface area contributed by atoms with Crippen molar-refractivity contribution in [2.75, 3.05) is 13.2 Å². The Morgan fingerprint density at radius 3 is 2.75 bits per heavy atom. The lowest BCUT2D eigenvalue weighted by molar-refractivity contribution is 0.219.